The van der Waals surface area contributed by atoms with Crippen LogP contribution in [0.4, 0.5) is 0 Å². The number of nitrogens with zero attached hydrogens (tertiary/aromatic N) is 2. The Hall–Kier alpha value is -1.07. The number of benzene rings is 1. The average molecular weight is 315 g/mol. The number of hydrogen-bond donors (Lipinski definition) is 0. The third-order valence-electron chi connectivity index (χ3n) is 3.49. The first kappa shape index (κ1) is 15.3. The molecule has 0 saturated carbocycles. The topological polar surface area (TPSA) is 44.1 Å². The van der Waals surface area contributed by atoms with Crippen molar-refractivity contribution in [3.05, 3.63) is 24.0 Å². The van der Waals surface area contributed by atoms with Crippen LogP contribution >= 0.6 is 11.6 Å². The number of halogens is 1. The SMILES string of the molecule is COc1cccc2c1nc(CCl)n2CCC(C)S(C)=O. The Kier molecular flexibility index (Phi) is 5.05. The van der Waals surface area contributed by atoms with Gasteiger partial charge in [0.1, 0.15) is 17.1 Å². The maximum absolute atomic E-state index is 11.5. The predicted molar refractivity (Wildman–Crippen MR) is 84.0 cm³/mol. The lowest BCUT2D eigenvalue weighted by molar-refractivity contribution is 0.419. The number of para-hydroxylation sites is 1. The van der Waals surface area contributed by atoms with Crippen molar-refractivity contribution in [1.82, 2.24) is 9.55 Å². The highest BCUT2D eigenvalue weighted by atomic mass is 35.5. The zero-order valence-corrected chi connectivity index (χ0v) is 13.5. The van der Waals surface area contributed by atoms with Gasteiger partial charge >= 0.3 is 0 Å². The smallest absolute Gasteiger partial charge is 0.146 e. The van der Waals surface area contributed by atoms with Crippen molar-refractivity contribution in [2.45, 2.75) is 31.0 Å². The zero-order valence-electron chi connectivity index (χ0n) is 11.9. The number of hydrogen-bond acceptors (Lipinski definition) is 3. The second-order valence-electron chi connectivity index (χ2n) is 4.74. The molecule has 4 nitrogen and oxygen atoms in total. The molecule has 0 saturated heterocycles. The van der Waals surface area contributed by atoms with Gasteiger partial charge in [-0.25, -0.2) is 4.98 Å². The average Bonchev–Trinajstić information content (AvgIpc) is 2.82. The normalized spacial score (nSPS) is 14.4. The van der Waals surface area contributed by atoms with Crippen molar-refractivity contribution in [2.24, 2.45) is 0 Å². The minimum atomic E-state index is -0.812. The number of methoxy groups -OCH3 is 1. The largest absolute Gasteiger partial charge is 0.494 e. The van der Waals surface area contributed by atoms with Gasteiger partial charge in [-0.15, -0.1) is 11.6 Å². The maximum atomic E-state index is 11.5. The highest BCUT2D eigenvalue weighted by molar-refractivity contribution is 7.84. The molecule has 110 valence electrons. The van der Waals surface area contributed by atoms with Crippen LogP contribution in [-0.4, -0.2) is 32.4 Å². The van der Waals surface area contributed by atoms with Crippen LogP contribution < -0.4 is 4.74 Å². The standard InChI is InChI=1S/C14H19ClN2O2S/c1-10(20(3)18)7-8-17-11-5-4-6-12(19-2)14(11)16-13(17)9-15/h4-6,10H,7-9H2,1-3H3. The molecule has 0 amide bonds. The summed E-state index contributed by atoms with van der Waals surface area (Å²) < 4.78 is 18.9. The van der Waals surface area contributed by atoms with Crippen LogP contribution in [0.25, 0.3) is 11.0 Å². The molecule has 0 spiro atoms. The van der Waals surface area contributed by atoms with Crippen LogP contribution in [-0.2, 0) is 23.2 Å². The van der Waals surface area contributed by atoms with Gasteiger partial charge in [-0.3, -0.25) is 4.21 Å². The summed E-state index contributed by atoms with van der Waals surface area (Å²) in [6.45, 7) is 2.75. The maximum Gasteiger partial charge on any atom is 0.146 e. The lowest BCUT2D eigenvalue weighted by atomic mass is 10.2. The summed E-state index contributed by atoms with van der Waals surface area (Å²) in [7, 11) is 0.824. The molecule has 1 heterocycles. The van der Waals surface area contributed by atoms with Crippen LogP contribution in [0.5, 0.6) is 5.75 Å². The molecule has 1 aromatic heterocycles. The molecule has 0 bridgehead atoms. The molecule has 1 aromatic carbocycles. The van der Waals surface area contributed by atoms with Gasteiger partial charge in [-0.05, 0) is 18.6 Å². The Labute approximate surface area is 126 Å². The highest BCUT2D eigenvalue weighted by Gasteiger charge is 2.15. The molecule has 6 heteroatoms. The van der Waals surface area contributed by atoms with Crippen molar-refractivity contribution in [3.63, 3.8) is 0 Å². The fourth-order valence-corrected chi connectivity index (χ4v) is 2.80. The first-order chi connectivity index (χ1) is 9.58. The van der Waals surface area contributed by atoms with Crippen molar-refractivity contribution >= 4 is 33.4 Å². The lowest BCUT2D eigenvalue weighted by Crippen LogP contribution is -2.13. The van der Waals surface area contributed by atoms with E-state index in [-0.39, 0.29) is 5.25 Å². The number of ether oxygens (including phenoxy) is 1. The minimum absolute atomic E-state index is 0.154. The van der Waals surface area contributed by atoms with E-state index < -0.39 is 10.8 Å². The van der Waals surface area contributed by atoms with Gasteiger partial charge in [0.05, 0.1) is 18.5 Å². The molecular formula is C14H19ClN2O2S. The molecule has 20 heavy (non-hydrogen) atoms. The van der Waals surface area contributed by atoms with Gasteiger partial charge < -0.3 is 9.30 Å². The fraction of sp³-hybridized carbons (Fsp3) is 0.500. The molecule has 0 aliphatic carbocycles. The van der Waals surface area contributed by atoms with Crippen molar-refractivity contribution in [1.29, 1.82) is 0 Å². The van der Waals surface area contributed by atoms with Crippen molar-refractivity contribution in [2.75, 3.05) is 13.4 Å². The third-order valence-corrected chi connectivity index (χ3v) is 5.09. The Morgan fingerprint density at radius 2 is 2.25 bits per heavy atom. The van der Waals surface area contributed by atoms with E-state index in [0.717, 1.165) is 35.6 Å². The lowest BCUT2D eigenvalue weighted by Gasteiger charge is -2.11. The molecule has 2 unspecified atom stereocenters. The van der Waals surface area contributed by atoms with Gasteiger partial charge in [0, 0.05) is 28.9 Å². The molecule has 0 N–H and O–H groups in total. The summed E-state index contributed by atoms with van der Waals surface area (Å²) in [6.07, 6.45) is 2.57. The third kappa shape index (κ3) is 2.99. The summed E-state index contributed by atoms with van der Waals surface area (Å²) >= 11 is 5.99. The quantitative estimate of drug-likeness (QED) is 0.770. The molecular weight excluding hydrogens is 296 g/mol. The summed E-state index contributed by atoms with van der Waals surface area (Å²) in [6, 6.07) is 5.84. The summed E-state index contributed by atoms with van der Waals surface area (Å²) in [5, 5.41) is 0.154. The molecule has 2 atom stereocenters. The van der Waals surface area contributed by atoms with Crippen molar-refractivity contribution < 1.29 is 8.95 Å². The van der Waals surface area contributed by atoms with E-state index in [1.807, 2.05) is 25.1 Å². The van der Waals surface area contributed by atoms with Gasteiger partial charge in [0.2, 0.25) is 0 Å². The van der Waals surface area contributed by atoms with Crippen LogP contribution in [0.1, 0.15) is 19.2 Å². The fourth-order valence-electron chi connectivity index (χ4n) is 2.16. The summed E-state index contributed by atoms with van der Waals surface area (Å²) in [4.78, 5) is 4.55. The Balaban J connectivity index is 2.38. The molecule has 2 rings (SSSR count). The molecule has 0 aliphatic heterocycles. The summed E-state index contributed by atoms with van der Waals surface area (Å²) in [5.74, 6) is 1.92. The molecule has 0 radical (unpaired) electrons. The number of alkyl halides is 1. The second kappa shape index (κ2) is 6.59. The van der Waals surface area contributed by atoms with E-state index in [4.69, 9.17) is 16.3 Å². The summed E-state index contributed by atoms with van der Waals surface area (Å²) in [5.41, 5.74) is 1.84. The Bertz CT molecular complexity index is 627. The van der Waals surface area contributed by atoms with Crippen molar-refractivity contribution in [3.8, 4) is 5.75 Å². The van der Waals surface area contributed by atoms with Gasteiger partial charge in [0.15, 0.2) is 0 Å². The molecule has 2 aromatic rings. The van der Waals surface area contributed by atoms with Gasteiger partial charge in [-0.2, -0.15) is 0 Å². The van der Waals surface area contributed by atoms with Gasteiger partial charge in [0.25, 0.3) is 0 Å². The number of rotatable bonds is 6. The second-order valence-corrected chi connectivity index (χ2v) is 6.81. The van der Waals surface area contributed by atoms with Crippen LogP contribution in [0, 0.1) is 0 Å². The van der Waals surface area contributed by atoms with Crippen LogP contribution in [0.15, 0.2) is 18.2 Å². The van der Waals surface area contributed by atoms with Gasteiger partial charge in [-0.1, -0.05) is 13.0 Å². The predicted octanol–water partition coefficient (Wildman–Crippen LogP) is 2.94. The van der Waals surface area contributed by atoms with Crippen LogP contribution in [0.2, 0.25) is 0 Å². The first-order valence-corrected chi connectivity index (χ1v) is 8.64. The van der Waals surface area contributed by atoms with Crippen LogP contribution in [0.3, 0.4) is 0 Å². The number of aryl methyl sites for hydroxylation is 1. The number of fused-ring (bicyclic) bond motifs is 1. The number of imidazole rings is 1. The van der Waals surface area contributed by atoms with E-state index in [9.17, 15) is 4.21 Å². The minimum Gasteiger partial charge on any atom is -0.494 e. The monoisotopic (exact) mass is 314 g/mol. The Morgan fingerprint density at radius 3 is 2.85 bits per heavy atom. The van der Waals surface area contributed by atoms with E-state index in [2.05, 4.69) is 9.55 Å². The highest BCUT2D eigenvalue weighted by Crippen LogP contribution is 2.26. The molecule has 0 aliphatic rings. The number of aromatic nitrogens is 2. The zero-order chi connectivity index (χ0) is 14.7. The Morgan fingerprint density at radius 1 is 1.50 bits per heavy atom. The first-order valence-electron chi connectivity index (χ1n) is 6.48. The van der Waals surface area contributed by atoms with E-state index >= 15 is 0 Å². The van der Waals surface area contributed by atoms with E-state index in [0.29, 0.717) is 5.88 Å². The van der Waals surface area contributed by atoms with E-state index in [1.54, 1.807) is 13.4 Å². The van der Waals surface area contributed by atoms with E-state index in [1.165, 1.54) is 0 Å². The molecule has 0 fully saturated rings.